The second kappa shape index (κ2) is 5.82. The van der Waals surface area contributed by atoms with Gasteiger partial charge in [0, 0.05) is 6.54 Å². The molecule has 0 aliphatic carbocycles. The summed E-state index contributed by atoms with van der Waals surface area (Å²) in [6, 6.07) is 5.58. The molecule has 5 nitrogen and oxygen atoms in total. The summed E-state index contributed by atoms with van der Waals surface area (Å²) in [4.78, 5) is 6.41. The Balaban J connectivity index is 2.24. The van der Waals surface area contributed by atoms with Crippen LogP contribution in [0.4, 0.5) is 0 Å². The summed E-state index contributed by atoms with van der Waals surface area (Å²) in [6.07, 6.45) is 1.02. The maximum atomic E-state index is 9.74. The van der Waals surface area contributed by atoms with E-state index in [-0.39, 0.29) is 11.8 Å². The molecule has 0 bridgehead atoms. The monoisotopic (exact) mass is 263 g/mol. The Hall–Kier alpha value is -1.91. The van der Waals surface area contributed by atoms with E-state index in [1.165, 1.54) is 0 Å². The summed E-state index contributed by atoms with van der Waals surface area (Å²) >= 11 is 0. The lowest BCUT2D eigenvalue weighted by Crippen LogP contribution is -2.36. The molecule has 104 valence electrons. The smallest absolute Gasteiger partial charge is 0.191 e. The van der Waals surface area contributed by atoms with Crippen molar-refractivity contribution in [2.75, 3.05) is 19.7 Å². The fourth-order valence-corrected chi connectivity index (χ4v) is 2.33. The van der Waals surface area contributed by atoms with Gasteiger partial charge in [0.25, 0.3) is 0 Å². The minimum atomic E-state index is 0.139. The predicted molar refractivity (Wildman–Crippen MR) is 75.5 cm³/mol. The molecule has 1 unspecified atom stereocenters. The van der Waals surface area contributed by atoms with Crippen LogP contribution in [0.5, 0.6) is 11.5 Å². The van der Waals surface area contributed by atoms with Crippen molar-refractivity contribution in [1.29, 1.82) is 0 Å². The molecule has 19 heavy (non-hydrogen) atoms. The van der Waals surface area contributed by atoms with E-state index in [2.05, 4.69) is 16.8 Å². The second-order valence-corrected chi connectivity index (χ2v) is 4.57. The lowest BCUT2D eigenvalue weighted by Gasteiger charge is -2.26. The number of hydrogen-bond donors (Lipinski definition) is 2. The van der Waals surface area contributed by atoms with Gasteiger partial charge in [-0.15, -0.1) is 0 Å². The number of aliphatic imine (C=N–C) groups is 1. The van der Waals surface area contributed by atoms with E-state index in [1.54, 1.807) is 6.07 Å². The summed E-state index contributed by atoms with van der Waals surface area (Å²) in [5, 5.41) is 9.74. The second-order valence-electron chi connectivity index (χ2n) is 4.57. The molecule has 5 heteroatoms. The van der Waals surface area contributed by atoms with Crippen LogP contribution in [0, 0.1) is 0 Å². The minimum Gasteiger partial charge on any atom is -0.504 e. The molecular weight excluding hydrogens is 242 g/mol. The topological polar surface area (TPSA) is 71.1 Å². The van der Waals surface area contributed by atoms with E-state index in [9.17, 15) is 5.11 Å². The van der Waals surface area contributed by atoms with Crippen molar-refractivity contribution >= 4 is 5.96 Å². The van der Waals surface area contributed by atoms with Crippen molar-refractivity contribution in [3.63, 3.8) is 0 Å². The maximum absolute atomic E-state index is 9.74. The Morgan fingerprint density at radius 1 is 1.47 bits per heavy atom. The molecule has 1 atom stereocenters. The third-order valence-corrected chi connectivity index (χ3v) is 3.23. The molecular formula is C14H21N3O2. The number of nitrogens with zero attached hydrogens (tertiary/aromatic N) is 2. The molecule has 0 fully saturated rings. The summed E-state index contributed by atoms with van der Waals surface area (Å²) in [5.74, 6) is 1.28. The van der Waals surface area contributed by atoms with Crippen LogP contribution in [0.1, 0.15) is 31.9 Å². The van der Waals surface area contributed by atoms with Crippen LogP contribution in [0.3, 0.4) is 0 Å². The van der Waals surface area contributed by atoms with Crippen LogP contribution in [-0.2, 0) is 0 Å². The van der Waals surface area contributed by atoms with Gasteiger partial charge in [0.2, 0.25) is 0 Å². The van der Waals surface area contributed by atoms with Gasteiger partial charge in [-0.3, -0.25) is 4.99 Å². The Labute approximate surface area is 113 Å². The minimum absolute atomic E-state index is 0.139. The first-order chi connectivity index (χ1) is 9.17. The number of phenolic OH excluding ortho intramolecular Hbond substituents is 1. The summed E-state index contributed by atoms with van der Waals surface area (Å²) in [5.41, 5.74) is 6.98. The van der Waals surface area contributed by atoms with E-state index >= 15 is 0 Å². The van der Waals surface area contributed by atoms with Gasteiger partial charge in [-0.05, 0) is 31.0 Å². The molecule has 1 aromatic rings. The summed E-state index contributed by atoms with van der Waals surface area (Å²) in [6.45, 7) is 6.07. The van der Waals surface area contributed by atoms with Crippen LogP contribution >= 0.6 is 0 Å². The number of guanidine groups is 1. The highest BCUT2D eigenvalue weighted by molar-refractivity contribution is 5.80. The van der Waals surface area contributed by atoms with Gasteiger partial charge < -0.3 is 20.5 Å². The number of benzene rings is 1. The van der Waals surface area contributed by atoms with Crippen LogP contribution < -0.4 is 10.5 Å². The molecule has 2 rings (SSSR count). The predicted octanol–water partition coefficient (Wildman–Crippen LogP) is 1.87. The Morgan fingerprint density at radius 2 is 2.26 bits per heavy atom. The largest absolute Gasteiger partial charge is 0.504 e. The van der Waals surface area contributed by atoms with Gasteiger partial charge in [-0.2, -0.15) is 0 Å². The molecule has 1 aliphatic heterocycles. The molecule has 3 N–H and O–H groups in total. The van der Waals surface area contributed by atoms with Gasteiger partial charge >= 0.3 is 0 Å². The molecule has 0 aromatic heterocycles. The highest BCUT2D eigenvalue weighted by Crippen LogP contribution is 2.33. The van der Waals surface area contributed by atoms with Crippen molar-refractivity contribution in [1.82, 2.24) is 4.90 Å². The lowest BCUT2D eigenvalue weighted by atomic mass is 10.1. The SMILES string of the molecule is CCCN1C(N)=NCC1c1ccc(O)c(OCC)c1. The highest BCUT2D eigenvalue weighted by Gasteiger charge is 2.27. The van der Waals surface area contributed by atoms with Gasteiger partial charge in [0.1, 0.15) is 0 Å². The molecule has 1 aliphatic rings. The zero-order valence-electron chi connectivity index (χ0n) is 11.5. The number of ether oxygens (including phenoxy) is 1. The van der Waals surface area contributed by atoms with Gasteiger partial charge in [-0.1, -0.05) is 13.0 Å². The fourth-order valence-electron chi connectivity index (χ4n) is 2.33. The Morgan fingerprint density at radius 3 is 2.95 bits per heavy atom. The first kappa shape index (κ1) is 13.5. The number of rotatable bonds is 5. The Kier molecular flexibility index (Phi) is 4.14. The standard InChI is InChI=1S/C14H21N3O2/c1-3-7-17-11(9-16-14(17)15)10-5-6-12(18)13(8-10)19-4-2/h5-6,8,11,18H,3-4,7,9H2,1-2H3,(H2,15,16). The summed E-state index contributed by atoms with van der Waals surface area (Å²) < 4.78 is 5.42. The molecule has 1 aromatic carbocycles. The number of aromatic hydroxyl groups is 1. The van der Waals surface area contributed by atoms with Crippen molar-refractivity contribution in [2.24, 2.45) is 10.7 Å². The number of phenols is 1. The zero-order valence-corrected chi connectivity index (χ0v) is 11.5. The average Bonchev–Trinajstić information content (AvgIpc) is 2.75. The van der Waals surface area contributed by atoms with Gasteiger partial charge in [0.15, 0.2) is 17.5 Å². The van der Waals surface area contributed by atoms with Gasteiger partial charge in [-0.25, -0.2) is 0 Å². The molecule has 0 spiro atoms. The zero-order chi connectivity index (χ0) is 13.8. The number of hydrogen-bond acceptors (Lipinski definition) is 5. The van der Waals surface area contributed by atoms with E-state index in [0.29, 0.717) is 24.9 Å². The first-order valence-electron chi connectivity index (χ1n) is 6.69. The molecule has 0 saturated carbocycles. The van der Waals surface area contributed by atoms with Gasteiger partial charge in [0.05, 0.1) is 19.2 Å². The van der Waals surface area contributed by atoms with Crippen LogP contribution in [0.15, 0.2) is 23.2 Å². The van der Waals surface area contributed by atoms with Crippen molar-refractivity contribution in [3.8, 4) is 11.5 Å². The van der Waals surface area contributed by atoms with E-state index in [4.69, 9.17) is 10.5 Å². The van der Waals surface area contributed by atoms with E-state index < -0.39 is 0 Å². The molecule has 1 heterocycles. The van der Waals surface area contributed by atoms with E-state index in [0.717, 1.165) is 18.5 Å². The average molecular weight is 263 g/mol. The fraction of sp³-hybridized carbons (Fsp3) is 0.500. The van der Waals surface area contributed by atoms with Crippen LogP contribution in [-0.4, -0.2) is 35.7 Å². The first-order valence-corrected chi connectivity index (χ1v) is 6.69. The molecule has 0 amide bonds. The van der Waals surface area contributed by atoms with E-state index in [1.807, 2.05) is 19.1 Å². The Bertz CT molecular complexity index is 474. The van der Waals surface area contributed by atoms with Crippen LogP contribution in [0.25, 0.3) is 0 Å². The summed E-state index contributed by atoms with van der Waals surface area (Å²) in [7, 11) is 0. The maximum Gasteiger partial charge on any atom is 0.191 e. The quantitative estimate of drug-likeness (QED) is 0.850. The third kappa shape index (κ3) is 2.75. The van der Waals surface area contributed by atoms with Crippen molar-refractivity contribution < 1.29 is 9.84 Å². The molecule has 0 radical (unpaired) electrons. The number of nitrogens with two attached hydrogens (primary N) is 1. The lowest BCUT2D eigenvalue weighted by molar-refractivity contribution is 0.313. The van der Waals surface area contributed by atoms with Crippen molar-refractivity contribution in [2.45, 2.75) is 26.3 Å². The molecule has 0 saturated heterocycles. The highest BCUT2D eigenvalue weighted by atomic mass is 16.5. The van der Waals surface area contributed by atoms with Crippen molar-refractivity contribution in [3.05, 3.63) is 23.8 Å². The normalized spacial score (nSPS) is 18.5. The van der Waals surface area contributed by atoms with Crippen LogP contribution in [0.2, 0.25) is 0 Å². The third-order valence-electron chi connectivity index (χ3n) is 3.23.